The Hall–Kier alpha value is -0.640. The molecular weight excluding hydrogens is 239 g/mol. The third kappa shape index (κ3) is 3.41. The predicted octanol–water partition coefficient (Wildman–Crippen LogP) is 2.49. The molecule has 1 aliphatic rings. The molecule has 1 aliphatic heterocycles. The zero-order chi connectivity index (χ0) is 12.3. The van der Waals surface area contributed by atoms with Crippen LogP contribution in [-0.4, -0.2) is 37.6 Å². The first kappa shape index (κ1) is 12.8. The predicted molar refractivity (Wildman–Crippen MR) is 69.1 cm³/mol. The number of halogens is 2. The molecule has 1 aromatic carbocycles. The van der Waals surface area contributed by atoms with Gasteiger partial charge in [0, 0.05) is 32.7 Å². The Kier molecular flexibility index (Phi) is 4.37. The van der Waals surface area contributed by atoms with E-state index < -0.39 is 0 Å². The molecule has 0 aliphatic carbocycles. The van der Waals surface area contributed by atoms with Crippen LogP contribution in [-0.2, 0) is 0 Å². The van der Waals surface area contributed by atoms with Crippen molar-refractivity contribution < 1.29 is 4.39 Å². The number of nitrogens with zero attached hydrogens (tertiary/aromatic N) is 1. The van der Waals surface area contributed by atoms with Gasteiger partial charge in [0.25, 0.3) is 0 Å². The molecule has 0 radical (unpaired) electrons. The summed E-state index contributed by atoms with van der Waals surface area (Å²) >= 11 is 5.80. The van der Waals surface area contributed by atoms with E-state index in [0.29, 0.717) is 5.92 Å². The number of rotatable bonds is 3. The highest BCUT2D eigenvalue weighted by atomic mass is 35.5. The van der Waals surface area contributed by atoms with Gasteiger partial charge in [0.15, 0.2) is 0 Å². The SMILES string of the molecule is CC(CN1CCNCC1)c1ccc(F)c(Cl)c1. The third-order valence-corrected chi connectivity index (χ3v) is 3.54. The Bertz CT molecular complexity index is 378. The standard InChI is InChI=1S/C13H18ClFN2/c1-10(9-17-6-4-16-5-7-17)11-2-3-13(15)12(14)8-11/h2-3,8,10,16H,4-7,9H2,1H3. The molecule has 2 nitrogen and oxygen atoms in total. The minimum atomic E-state index is -0.343. The normalized spacial score (nSPS) is 19.2. The Morgan fingerprint density at radius 1 is 1.41 bits per heavy atom. The fourth-order valence-corrected chi connectivity index (χ4v) is 2.39. The summed E-state index contributed by atoms with van der Waals surface area (Å²) in [5, 5.41) is 3.55. The molecule has 1 N–H and O–H groups in total. The van der Waals surface area contributed by atoms with Crippen molar-refractivity contribution in [3.8, 4) is 0 Å². The van der Waals surface area contributed by atoms with Crippen molar-refractivity contribution in [1.82, 2.24) is 10.2 Å². The Labute approximate surface area is 107 Å². The minimum absolute atomic E-state index is 0.217. The van der Waals surface area contributed by atoms with Gasteiger partial charge in [0.1, 0.15) is 5.82 Å². The minimum Gasteiger partial charge on any atom is -0.314 e. The number of benzene rings is 1. The maximum atomic E-state index is 13.1. The van der Waals surface area contributed by atoms with Gasteiger partial charge in [-0.3, -0.25) is 0 Å². The highest BCUT2D eigenvalue weighted by molar-refractivity contribution is 6.30. The molecule has 1 saturated heterocycles. The van der Waals surface area contributed by atoms with Crippen LogP contribution in [0.15, 0.2) is 18.2 Å². The van der Waals surface area contributed by atoms with Crippen LogP contribution in [0.2, 0.25) is 5.02 Å². The largest absolute Gasteiger partial charge is 0.314 e. The molecule has 0 saturated carbocycles. The Balaban J connectivity index is 1.98. The third-order valence-electron chi connectivity index (χ3n) is 3.25. The second-order valence-electron chi connectivity index (χ2n) is 4.63. The molecule has 1 aromatic rings. The molecule has 0 aromatic heterocycles. The van der Waals surface area contributed by atoms with Crippen molar-refractivity contribution in [3.63, 3.8) is 0 Å². The highest BCUT2D eigenvalue weighted by Gasteiger charge is 2.15. The van der Waals surface area contributed by atoms with Gasteiger partial charge >= 0.3 is 0 Å². The smallest absolute Gasteiger partial charge is 0.141 e. The average molecular weight is 257 g/mol. The molecule has 0 bridgehead atoms. The second kappa shape index (κ2) is 5.80. The van der Waals surface area contributed by atoms with Gasteiger partial charge in [-0.15, -0.1) is 0 Å². The first-order valence-corrected chi connectivity index (χ1v) is 6.42. The maximum Gasteiger partial charge on any atom is 0.141 e. The summed E-state index contributed by atoms with van der Waals surface area (Å²) in [4.78, 5) is 2.43. The van der Waals surface area contributed by atoms with Gasteiger partial charge in [0.05, 0.1) is 5.02 Å². The van der Waals surface area contributed by atoms with Gasteiger partial charge in [-0.05, 0) is 23.6 Å². The molecular formula is C13H18ClFN2. The molecule has 1 atom stereocenters. The summed E-state index contributed by atoms with van der Waals surface area (Å²) in [7, 11) is 0. The summed E-state index contributed by atoms with van der Waals surface area (Å²) in [6.07, 6.45) is 0. The second-order valence-corrected chi connectivity index (χ2v) is 5.03. The van der Waals surface area contributed by atoms with E-state index in [1.807, 2.05) is 6.07 Å². The lowest BCUT2D eigenvalue weighted by Crippen LogP contribution is -2.44. The van der Waals surface area contributed by atoms with Crippen molar-refractivity contribution in [2.45, 2.75) is 12.8 Å². The first-order chi connectivity index (χ1) is 8.16. The molecule has 17 heavy (non-hydrogen) atoms. The van der Waals surface area contributed by atoms with Crippen molar-refractivity contribution >= 4 is 11.6 Å². The van der Waals surface area contributed by atoms with Crippen LogP contribution < -0.4 is 5.32 Å². The summed E-state index contributed by atoms with van der Waals surface area (Å²) in [5.41, 5.74) is 1.11. The van der Waals surface area contributed by atoms with Crippen LogP contribution in [0.1, 0.15) is 18.4 Å². The van der Waals surface area contributed by atoms with E-state index in [0.717, 1.165) is 38.3 Å². The fourth-order valence-electron chi connectivity index (χ4n) is 2.21. The van der Waals surface area contributed by atoms with Gasteiger partial charge in [-0.2, -0.15) is 0 Å². The molecule has 0 amide bonds. The quantitative estimate of drug-likeness (QED) is 0.894. The molecule has 1 heterocycles. The fraction of sp³-hybridized carbons (Fsp3) is 0.538. The lowest BCUT2D eigenvalue weighted by atomic mass is 10.0. The van der Waals surface area contributed by atoms with Crippen LogP contribution >= 0.6 is 11.6 Å². The number of hydrogen-bond donors (Lipinski definition) is 1. The van der Waals surface area contributed by atoms with Gasteiger partial charge in [0.2, 0.25) is 0 Å². The van der Waals surface area contributed by atoms with Crippen molar-refractivity contribution in [2.24, 2.45) is 0 Å². The summed E-state index contributed by atoms with van der Waals surface area (Å²) in [6, 6.07) is 5.02. The van der Waals surface area contributed by atoms with Crippen LogP contribution in [0.5, 0.6) is 0 Å². The monoisotopic (exact) mass is 256 g/mol. The zero-order valence-corrected chi connectivity index (χ0v) is 10.8. The number of piperazine rings is 1. The van der Waals surface area contributed by atoms with E-state index in [1.165, 1.54) is 6.07 Å². The summed E-state index contributed by atoms with van der Waals surface area (Å²) < 4.78 is 13.1. The highest BCUT2D eigenvalue weighted by Crippen LogP contribution is 2.22. The zero-order valence-electron chi connectivity index (χ0n) is 10.0. The van der Waals surface area contributed by atoms with Gasteiger partial charge in [-0.25, -0.2) is 4.39 Å². The van der Waals surface area contributed by atoms with Gasteiger partial charge < -0.3 is 10.2 Å². The topological polar surface area (TPSA) is 15.3 Å². The van der Waals surface area contributed by atoms with Crippen molar-refractivity contribution in [2.75, 3.05) is 32.7 Å². The van der Waals surface area contributed by atoms with E-state index in [1.54, 1.807) is 6.07 Å². The van der Waals surface area contributed by atoms with Crippen molar-refractivity contribution in [3.05, 3.63) is 34.6 Å². The Morgan fingerprint density at radius 2 is 2.12 bits per heavy atom. The van der Waals surface area contributed by atoms with E-state index in [4.69, 9.17) is 11.6 Å². The maximum absolute atomic E-state index is 13.1. The van der Waals surface area contributed by atoms with Crippen molar-refractivity contribution in [1.29, 1.82) is 0 Å². The molecule has 1 fully saturated rings. The van der Waals surface area contributed by atoms with Crippen LogP contribution in [0.25, 0.3) is 0 Å². The van der Waals surface area contributed by atoms with Crippen LogP contribution in [0.4, 0.5) is 4.39 Å². The van der Waals surface area contributed by atoms with E-state index in [-0.39, 0.29) is 10.8 Å². The van der Waals surface area contributed by atoms with E-state index in [2.05, 4.69) is 17.1 Å². The lowest BCUT2D eigenvalue weighted by molar-refractivity contribution is 0.230. The summed E-state index contributed by atoms with van der Waals surface area (Å²) in [5.74, 6) is 0.0380. The van der Waals surface area contributed by atoms with Crippen LogP contribution in [0, 0.1) is 5.82 Å². The van der Waals surface area contributed by atoms with Gasteiger partial charge in [-0.1, -0.05) is 24.6 Å². The molecule has 94 valence electrons. The van der Waals surface area contributed by atoms with E-state index >= 15 is 0 Å². The molecule has 2 rings (SSSR count). The first-order valence-electron chi connectivity index (χ1n) is 6.05. The molecule has 0 spiro atoms. The number of nitrogens with one attached hydrogen (secondary N) is 1. The molecule has 4 heteroatoms. The Morgan fingerprint density at radius 3 is 2.76 bits per heavy atom. The molecule has 1 unspecified atom stereocenters. The average Bonchev–Trinajstić information content (AvgIpc) is 2.34. The number of hydrogen-bond acceptors (Lipinski definition) is 2. The van der Waals surface area contributed by atoms with Crippen LogP contribution in [0.3, 0.4) is 0 Å². The van der Waals surface area contributed by atoms with E-state index in [9.17, 15) is 4.39 Å². The summed E-state index contributed by atoms with van der Waals surface area (Å²) in [6.45, 7) is 7.43. The lowest BCUT2D eigenvalue weighted by Gasteiger charge is -2.29.